The van der Waals surface area contributed by atoms with E-state index in [4.69, 9.17) is 4.74 Å². The Morgan fingerprint density at radius 2 is 2.24 bits per heavy atom. The zero-order valence-electron chi connectivity index (χ0n) is 13.6. The molecular formula is C18H18FN3OS2. The molecule has 1 aromatic carbocycles. The lowest BCUT2D eigenvalue weighted by atomic mass is 10.2. The molecule has 0 bridgehead atoms. The van der Waals surface area contributed by atoms with Gasteiger partial charge in [0.05, 0.1) is 17.5 Å². The van der Waals surface area contributed by atoms with Gasteiger partial charge in [0.25, 0.3) is 0 Å². The Kier molecular flexibility index (Phi) is 5.14. The van der Waals surface area contributed by atoms with E-state index in [0.717, 1.165) is 47.4 Å². The lowest BCUT2D eigenvalue weighted by Crippen LogP contribution is -2.16. The van der Waals surface area contributed by atoms with Gasteiger partial charge in [-0.2, -0.15) is 0 Å². The van der Waals surface area contributed by atoms with Crippen LogP contribution in [0.2, 0.25) is 0 Å². The molecule has 1 aliphatic rings. The molecule has 3 heterocycles. The Morgan fingerprint density at radius 3 is 3.00 bits per heavy atom. The smallest absolute Gasteiger partial charge is 0.191 e. The van der Waals surface area contributed by atoms with E-state index >= 15 is 0 Å². The van der Waals surface area contributed by atoms with E-state index in [1.807, 2.05) is 17.5 Å². The maximum atomic E-state index is 13.4. The van der Waals surface area contributed by atoms with E-state index in [0.29, 0.717) is 5.75 Å². The van der Waals surface area contributed by atoms with Crippen molar-refractivity contribution in [1.29, 1.82) is 0 Å². The predicted molar refractivity (Wildman–Crippen MR) is 98.3 cm³/mol. The van der Waals surface area contributed by atoms with Crippen molar-refractivity contribution in [1.82, 2.24) is 14.8 Å². The first-order valence-electron chi connectivity index (χ1n) is 8.25. The minimum absolute atomic E-state index is 0.210. The highest BCUT2D eigenvalue weighted by atomic mass is 32.2. The van der Waals surface area contributed by atoms with Gasteiger partial charge in [0.2, 0.25) is 0 Å². The van der Waals surface area contributed by atoms with Crippen molar-refractivity contribution >= 4 is 23.1 Å². The predicted octanol–water partition coefficient (Wildman–Crippen LogP) is 4.62. The molecule has 0 amide bonds. The van der Waals surface area contributed by atoms with Crippen molar-refractivity contribution in [2.75, 3.05) is 6.61 Å². The van der Waals surface area contributed by atoms with Crippen LogP contribution in [0.5, 0.6) is 0 Å². The van der Waals surface area contributed by atoms with Crippen LogP contribution >= 0.6 is 23.1 Å². The Morgan fingerprint density at radius 1 is 1.28 bits per heavy atom. The maximum absolute atomic E-state index is 13.4. The van der Waals surface area contributed by atoms with Crippen LogP contribution in [0.25, 0.3) is 10.7 Å². The van der Waals surface area contributed by atoms with Crippen LogP contribution in [0, 0.1) is 5.82 Å². The minimum atomic E-state index is -0.210. The highest BCUT2D eigenvalue weighted by Gasteiger charge is 2.22. The fourth-order valence-electron chi connectivity index (χ4n) is 2.91. The molecule has 0 saturated carbocycles. The van der Waals surface area contributed by atoms with Crippen molar-refractivity contribution in [2.24, 2.45) is 0 Å². The van der Waals surface area contributed by atoms with Crippen LogP contribution in [0.1, 0.15) is 18.4 Å². The number of aromatic nitrogens is 3. The van der Waals surface area contributed by atoms with Gasteiger partial charge in [0.1, 0.15) is 5.82 Å². The van der Waals surface area contributed by atoms with Gasteiger partial charge in [-0.3, -0.25) is 4.57 Å². The topological polar surface area (TPSA) is 39.9 Å². The molecule has 1 unspecified atom stereocenters. The molecule has 0 N–H and O–H groups in total. The lowest BCUT2D eigenvalue weighted by molar-refractivity contribution is 0.0953. The maximum Gasteiger partial charge on any atom is 0.191 e. The number of thioether (sulfide) groups is 1. The molecule has 1 aliphatic heterocycles. The van der Waals surface area contributed by atoms with Crippen LogP contribution < -0.4 is 0 Å². The monoisotopic (exact) mass is 375 g/mol. The highest BCUT2D eigenvalue weighted by molar-refractivity contribution is 7.98. The molecule has 4 rings (SSSR count). The van der Waals surface area contributed by atoms with Gasteiger partial charge < -0.3 is 4.74 Å². The molecule has 0 radical (unpaired) electrons. The first-order chi connectivity index (χ1) is 12.3. The summed E-state index contributed by atoms with van der Waals surface area (Å²) < 4.78 is 21.3. The Balaban J connectivity index is 1.57. The number of hydrogen-bond donors (Lipinski definition) is 0. The molecular weight excluding hydrogens is 357 g/mol. The van der Waals surface area contributed by atoms with Gasteiger partial charge in [0, 0.05) is 12.4 Å². The van der Waals surface area contributed by atoms with E-state index in [-0.39, 0.29) is 11.9 Å². The van der Waals surface area contributed by atoms with E-state index in [1.165, 1.54) is 6.07 Å². The summed E-state index contributed by atoms with van der Waals surface area (Å²) in [6.07, 6.45) is 2.38. The van der Waals surface area contributed by atoms with Gasteiger partial charge in [-0.1, -0.05) is 30.0 Å². The summed E-state index contributed by atoms with van der Waals surface area (Å²) in [5.74, 6) is 1.33. The molecule has 1 atom stereocenters. The fraction of sp³-hybridized carbons (Fsp3) is 0.333. The third kappa shape index (κ3) is 3.94. The van der Waals surface area contributed by atoms with Crippen molar-refractivity contribution in [3.63, 3.8) is 0 Å². The Labute approximate surface area is 154 Å². The second kappa shape index (κ2) is 7.68. The van der Waals surface area contributed by atoms with Crippen molar-refractivity contribution < 1.29 is 9.13 Å². The summed E-state index contributed by atoms with van der Waals surface area (Å²) in [6, 6.07) is 10.8. The second-order valence-electron chi connectivity index (χ2n) is 5.95. The average molecular weight is 375 g/mol. The van der Waals surface area contributed by atoms with E-state index in [1.54, 1.807) is 35.2 Å². The molecule has 2 aromatic heterocycles. The molecule has 130 valence electrons. The van der Waals surface area contributed by atoms with Gasteiger partial charge in [-0.15, -0.1) is 21.5 Å². The second-order valence-corrected chi connectivity index (χ2v) is 7.84. The summed E-state index contributed by atoms with van der Waals surface area (Å²) in [6.45, 7) is 1.58. The number of halogens is 1. The van der Waals surface area contributed by atoms with Crippen LogP contribution in [0.15, 0.2) is 46.9 Å². The van der Waals surface area contributed by atoms with E-state index in [9.17, 15) is 4.39 Å². The van der Waals surface area contributed by atoms with Crippen LogP contribution in [-0.2, 0) is 17.0 Å². The summed E-state index contributed by atoms with van der Waals surface area (Å²) in [7, 11) is 0. The summed E-state index contributed by atoms with van der Waals surface area (Å²) >= 11 is 3.24. The third-order valence-electron chi connectivity index (χ3n) is 4.13. The van der Waals surface area contributed by atoms with Crippen molar-refractivity contribution in [3.05, 3.63) is 53.2 Å². The molecule has 1 saturated heterocycles. The third-order valence-corrected chi connectivity index (χ3v) is 6.03. The normalized spacial score (nSPS) is 17.2. The molecule has 0 aliphatic carbocycles. The quantitative estimate of drug-likeness (QED) is 0.590. The fourth-order valence-corrected chi connectivity index (χ4v) is 4.52. The average Bonchev–Trinajstić information content (AvgIpc) is 3.36. The summed E-state index contributed by atoms with van der Waals surface area (Å²) in [5.41, 5.74) is 0.939. The number of nitrogens with zero attached hydrogens (tertiary/aromatic N) is 3. The zero-order valence-corrected chi connectivity index (χ0v) is 15.2. The largest absolute Gasteiger partial charge is 0.376 e. The number of ether oxygens (including phenoxy) is 1. The van der Waals surface area contributed by atoms with Gasteiger partial charge in [-0.05, 0) is 42.0 Å². The molecule has 25 heavy (non-hydrogen) atoms. The number of thiophene rings is 1. The first-order valence-corrected chi connectivity index (χ1v) is 10.1. The van der Waals surface area contributed by atoms with E-state index < -0.39 is 0 Å². The lowest BCUT2D eigenvalue weighted by Gasteiger charge is -2.14. The summed E-state index contributed by atoms with van der Waals surface area (Å²) in [5, 5.41) is 11.7. The molecule has 7 heteroatoms. The molecule has 1 fully saturated rings. The van der Waals surface area contributed by atoms with Crippen LogP contribution in [0.4, 0.5) is 4.39 Å². The van der Waals surface area contributed by atoms with Crippen molar-refractivity contribution in [2.45, 2.75) is 36.4 Å². The standard InChI is InChI=1S/C18H18FN3OS2/c19-14-5-1-4-13(10-14)12-25-18-21-20-17(16-7-3-9-24-16)22(18)11-15-6-2-8-23-15/h1,3-5,7,9-10,15H,2,6,8,11-12H2. The van der Waals surface area contributed by atoms with Crippen molar-refractivity contribution in [3.8, 4) is 10.7 Å². The molecule has 4 nitrogen and oxygen atoms in total. The van der Waals surface area contributed by atoms with Gasteiger partial charge >= 0.3 is 0 Å². The highest BCUT2D eigenvalue weighted by Crippen LogP contribution is 2.30. The van der Waals surface area contributed by atoms with Crippen LogP contribution in [-0.4, -0.2) is 27.5 Å². The first kappa shape index (κ1) is 16.8. The molecule has 3 aromatic rings. The number of rotatable bonds is 6. The summed E-state index contributed by atoms with van der Waals surface area (Å²) in [4.78, 5) is 1.10. The van der Waals surface area contributed by atoms with Gasteiger partial charge in [0.15, 0.2) is 11.0 Å². The Hall–Kier alpha value is -1.70. The molecule has 0 spiro atoms. The number of hydrogen-bond acceptors (Lipinski definition) is 5. The Bertz CT molecular complexity index is 829. The minimum Gasteiger partial charge on any atom is -0.376 e. The number of benzene rings is 1. The zero-order chi connectivity index (χ0) is 17.1. The van der Waals surface area contributed by atoms with Crippen LogP contribution in [0.3, 0.4) is 0 Å². The van der Waals surface area contributed by atoms with Gasteiger partial charge in [-0.25, -0.2) is 4.39 Å². The SMILES string of the molecule is Fc1cccc(CSc2nnc(-c3cccs3)n2CC2CCCO2)c1. The van der Waals surface area contributed by atoms with E-state index in [2.05, 4.69) is 20.8 Å².